The summed E-state index contributed by atoms with van der Waals surface area (Å²) in [6.45, 7) is 8.13. The number of Topliss-reactive ketones (excluding diaryl/α,β-unsaturated/α-hetero) is 1. The van der Waals surface area contributed by atoms with Crippen LogP contribution in [0.15, 0.2) is 23.0 Å². The summed E-state index contributed by atoms with van der Waals surface area (Å²) in [5, 5.41) is 30.6. The van der Waals surface area contributed by atoms with Crippen molar-refractivity contribution in [3.05, 3.63) is 23.0 Å². The molecule has 0 aromatic rings. The Kier molecular flexibility index (Phi) is 10.4. The number of hydrogen-bond donors (Lipinski definition) is 4. The Bertz CT molecular complexity index is 1540. The monoisotopic (exact) mass is 719 g/mol. The smallest absolute Gasteiger partial charge is 0.475 e. The fourth-order valence-corrected chi connectivity index (χ4v) is 8.80. The number of carboxylic acids is 1. The van der Waals surface area contributed by atoms with E-state index in [-0.39, 0.29) is 31.6 Å². The zero-order valence-corrected chi connectivity index (χ0v) is 28.1. The number of carboxylic acid groups (broad SMARTS) is 1. The quantitative estimate of drug-likeness (QED) is 0.169. The summed E-state index contributed by atoms with van der Waals surface area (Å²) in [7, 11) is 1.08. The molecule has 0 unspecified atom stereocenters. The number of esters is 4. The number of carbonyl (C=O) groups is 6. The first-order valence-corrected chi connectivity index (χ1v) is 15.6. The van der Waals surface area contributed by atoms with Gasteiger partial charge in [-0.05, 0) is 51.0 Å². The van der Waals surface area contributed by atoms with Crippen LogP contribution in [0.4, 0.5) is 13.2 Å². The van der Waals surface area contributed by atoms with Crippen molar-refractivity contribution in [3.63, 3.8) is 0 Å². The Morgan fingerprint density at radius 1 is 1.14 bits per heavy atom. The topological polar surface area (TPSA) is 235 Å². The van der Waals surface area contributed by atoms with Gasteiger partial charge in [-0.3, -0.25) is 9.59 Å². The standard InChI is InChI=1S/C30H39NO12.C2HF3O2/c1-12(2)7-18(33)43-22-24-29-11-40-30(24,27(38)39-6)25(36)20(35)23(29)28(5)10-16(32)21(42-19(34)8-13(3)31)14(4)15(28)9-17(29)41-26(22)37;3-2(4,5)1(6)7/h7,13,15,17,20,22-25,35-36H,8-11,31H2,1-6H3;(H,6,7)/t13-,15-,17+,20+,22+,23+,24+,25-,28-,29+,30-;/m0./s1. The van der Waals surface area contributed by atoms with Crippen LogP contribution in [0.3, 0.4) is 0 Å². The molecule has 50 heavy (non-hydrogen) atoms. The van der Waals surface area contributed by atoms with Gasteiger partial charge in [-0.25, -0.2) is 19.2 Å². The average Bonchev–Trinajstić information content (AvgIpc) is 3.29. The molecule has 0 radical (unpaired) electrons. The number of aliphatic hydroxyl groups excluding tert-OH is 2. The predicted molar refractivity (Wildman–Crippen MR) is 158 cm³/mol. The molecule has 2 heterocycles. The lowest BCUT2D eigenvalue weighted by atomic mass is 9.38. The number of nitrogens with two attached hydrogens (primary N) is 1. The van der Waals surface area contributed by atoms with E-state index in [0.717, 1.165) is 7.11 Å². The van der Waals surface area contributed by atoms with Crippen LogP contribution in [-0.2, 0) is 52.5 Å². The first-order chi connectivity index (χ1) is 23.0. The third-order valence-electron chi connectivity index (χ3n) is 10.4. The number of aliphatic carboxylic acids is 1. The molecule has 18 heteroatoms. The van der Waals surface area contributed by atoms with Crippen LogP contribution in [0.25, 0.3) is 0 Å². The van der Waals surface area contributed by atoms with Crippen LogP contribution < -0.4 is 5.73 Å². The van der Waals surface area contributed by atoms with Gasteiger partial charge in [-0.2, -0.15) is 13.2 Å². The Hall–Kier alpha value is -3.87. The molecule has 2 saturated heterocycles. The second-order valence-electron chi connectivity index (χ2n) is 13.9. The SMILES string of the molecule is COC(=O)[C@@]12OC[C@]34[C@H]([C@@H](O)[C@@H]1O)[C@@]1(C)CC(=O)C(OC(=O)C[C@H](C)N)=C(C)[C@@H]1C[C@H]3OC(=O)[C@H](OC(=O)C=C(C)C)[C@@H]24.O=C(O)C(F)(F)F. The van der Waals surface area contributed by atoms with E-state index in [2.05, 4.69) is 0 Å². The molecule has 11 atom stereocenters. The summed E-state index contributed by atoms with van der Waals surface area (Å²) < 4.78 is 59.9. The maximum absolute atomic E-state index is 13.6. The van der Waals surface area contributed by atoms with Gasteiger partial charge in [0, 0.05) is 29.9 Å². The van der Waals surface area contributed by atoms with Gasteiger partial charge in [0.15, 0.2) is 11.5 Å². The first kappa shape index (κ1) is 38.9. The molecule has 3 aliphatic carbocycles. The number of rotatable bonds is 6. The lowest BCUT2D eigenvalue weighted by Crippen LogP contribution is -2.79. The molecule has 15 nitrogen and oxygen atoms in total. The number of allylic oxidation sites excluding steroid dienone is 3. The molecule has 4 fully saturated rings. The van der Waals surface area contributed by atoms with E-state index in [0.29, 0.717) is 11.1 Å². The molecule has 5 N–H and O–H groups in total. The fourth-order valence-electron chi connectivity index (χ4n) is 8.80. The van der Waals surface area contributed by atoms with Crippen molar-refractivity contribution < 1.29 is 80.9 Å². The summed E-state index contributed by atoms with van der Waals surface area (Å²) in [6.07, 6.45) is -10.3. The maximum atomic E-state index is 13.6. The van der Waals surface area contributed by atoms with E-state index < -0.39 is 106 Å². The van der Waals surface area contributed by atoms with Crippen molar-refractivity contribution in [2.75, 3.05) is 13.7 Å². The van der Waals surface area contributed by atoms with Gasteiger partial charge in [0.25, 0.3) is 0 Å². The minimum absolute atomic E-state index is 0.107. The largest absolute Gasteiger partial charge is 0.490 e. The molecular formula is C32H40F3NO14. The molecule has 5 aliphatic rings. The van der Waals surface area contributed by atoms with Crippen molar-refractivity contribution in [1.29, 1.82) is 0 Å². The Morgan fingerprint density at radius 2 is 1.74 bits per heavy atom. The number of ketones is 1. The maximum Gasteiger partial charge on any atom is 0.490 e. The minimum atomic E-state index is -5.08. The first-order valence-electron chi connectivity index (χ1n) is 15.6. The van der Waals surface area contributed by atoms with Crippen LogP contribution in [0.1, 0.15) is 53.9 Å². The Morgan fingerprint density at radius 3 is 2.26 bits per heavy atom. The number of alkyl halides is 3. The zero-order valence-electron chi connectivity index (χ0n) is 28.1. The van der Waals surface area contributed by atoms with E-state index >= 15 is 0 Å². The molecule has 0 amide bonds. The molecule has 5 rings (SSSR count). The van der Waals surface area contributed by atoms with Crippen molar-refractivity contribution in [2.24, 2.45) is 34.3 Å². The third-order valence-corrected chi connectivity index (χ3v) is 10.4. The van der Waals surface area contributed by atoms with E-state index in [9.17, 15) is 47.4 Å². The summed E-state index contributed by atoms with van der Waals surface area (Å²) in [5.41, 5.74) is 2.06. The van der Waals surface area contributed by atoms with Crippen LogP contribution in [0, 0.1) is 28.6 Å². The highest BCUT2D eigenvalue weighted by atomic mass is 19.4. The molecule has 2 saturated carbocycles. The normalized spacial score (nSPS) is 37.5. The van der Waals surface area contributed by atoms with Crippen molar-refractivity contribution in [3.8, 4) is 0 Å². The van der Waals surface area contributed by atoms with Crippen LogP contribution in [0.5, 0.6) is 0 Å². The van der Waals surface area contributed by atoms with E-state index in [1.165, 1.54) is 6.08 Å². The predicted octanol–water partition coefficient (Wildman–Crippen LogP) is 0.873. The number of ether oxygens (including phenoxy) is 5. The molecule has 1 spiro atoms. The summed E-state index contributed by atoms with van der Waals surface area (Å²) in [5.74, 6) is -9.70. The molecule has 2 aliphatic heterocycles. The number of hydrogen-bond acceptors (Lipinski definition) is 14. The molecule has 0 aromatic heterocycles. The number of carbonyl (C=O) groups excluding carboxylic acids is 5. The van der Waals surface area contributed by atoms with E-state index in [4.69, 9.17) is 39.3 Å². The number of fused-ring (bicyclic) bond motifs is 2. The lowest BCUT2D eigenvalue weighted by molar-refractivity contribution is -0.290. The van der Waals surface area contributed by atoms with Gasteiger partial charge in [0.1, 0.15) is 12.2 Å². The minimum Gasteiger partial charge on any atom is -0.475 e. The molecule has 2 bridgehead atoms. The number of methoxy groups -OCH3 is 1. The van der Waals surface area contributed by atoms with Crippen molar-refractivity contribution in [1.82, 2.24) is 0 Å². The van der Waals surface area contributed by atoms with Gasteiger partial charge in [-0.1, -0.05) is 12.5 Å². The van der Waals surface area contributed by atoms with Crippen LogP contribution in [0.2, 0.25) is 0 Å². The molecule has 278 valence electrons. The Balaban J connectivity index is 0.000000727. The van der Waals surface area contributed by atoms with Crippen molar-refractivity contribution in [2.45, 2.75) is 96.1 Å². The van der Waals surface area contributed by atoms with Gasteiger partial charge in [-0.15, -0.1) is 0 Å². The van der Waals surface area contributed by atoms with Crippen LogP contribution in [-0.4, -0.2) is 107 Å². The van der Waals surface area contributed by atoms with Crippen LogP contribution >= 0.6 is 0 Å². The third kappa shape index (κ3) is 6.09. The van der Waals surface area contributed by atoms with Gasteiger partial charge in [0.2, 0.25) is 11.7 Å². The Labute approximate surface area is 283 Å². The summed E-state index contributed by atoms with van der Waals surface area (Å²) >= 11 is 0. The van der Waals surface area contributed by atoms with Crippen molar-refractivity contribution >= 4 is 35.6 Å². The highest BCUT2D eigenvalue weighted by Gasteiger charge is 2.85. The fraction of sp³-hybridized carbons (Fsp3) is 0.688. The van der Waals surface area contributed by atoms with Gasteiger partial charge >= 0.3 is 36.0 Å². The lowest BCUT2D eigenvalue weighted by Gasteiger charge is -2.67. The molecule has 0 aromatic carbocycles. The molecular weight excluding hydrogens is 679 g/mol. The number of halogens is 3. The zero-order chi connectivity index (χ0) is 37.9. The van der Waals surface area contributed by atoms with Gasteiger partial charge in [0.05, 0.1) is 32.2 Å². The van der Waals surface area contributed by atoms with E-state index in [1.54, 1.807) is 34.6 Å². The highest BCUT2D eigenvalue weighted by molar-refractivity contribution is 5.98. The highest BCUT2D eigenvalue weighted by Crippen LogP contribution is 2.72. The van der Waals surface area contributed by atoms with Gasteiger partial charge < -0.3 is 44.7 Å². The second-order valence-corrected chi connectivity index (χ2v) is 13.9. The summed E-state index contributed by atoms with van der Waals surface area (Å²) in [4.78, 5) is 74.8. The van der Waals surface area contributed by atoms with E-state index in [1.807, 2.05) is 0 Å². The number of aliphatic hydroxyl groups is 2. The average molecular weight is 720 g/mol. The summed E-state index contributed by atoms with van der Waals surface area (Å²) in [6, 6.07) is -0.486. The second kappa shape index (κ2) is 13.4.